The highest BCUT2D eigenvalue weighted by atomic mass is 16.5. The van der Waals surface area contributed by atoms with Crippen molar-refractivity contribution in [3.8, 4) is 11.5 Å². The Kier molecular flexibility index (Phi) is 7.86. The number of ether oxygens (including phenoxy) is 3. The summed E-state index contributed by atoms with van der Waals surface area (Å²) in [6.07, 6.45) is 1.77. The molecule has 0 spiro atoms. The Balaban J connectivity index is 1.82. The maximum absolute atomic E-state index is 5.27. The zero-order chi connectivity index (χ0) is 21.2. The summed E-state index contributed by atoms with van der Waals surface area (Å²) in [5.74, 6) is 3.10. The average molecular weight is 409 g/mol. The molecule has 7 heteroatoms. The van der Waals surface area contributed by atoms with E-state index in [2.05, 4.69) is 39.5 Å². The Labute approximate surface area is 177 Å². The van der Waals surface area contributed by atoms with E-state index in [1.165, 1.54) is 0 Å². The molecule has 0 radical (unpaired) electrons. The van der Waals surface area contributed by atoms with Crippen LogP contribution in [-0.4, -0.2) is 44.4 Å². The molecule has 7 nitrogen and oxygen atoms in total. The summed E-state index contributed by atoms with van der Waals surface area (Å²) in [6, 6.07) is 17.9. The van der Waals surface area contributed by atoms with Gasteiger partial charge >= 0.3 is 0 Å². The first-order chi connectivity index (χ1) is 14.7. The van der Waals surface area contributed by atoms with E-state index in [0.29, 0.717) is 32.2 Å². The van der Waals surface area contributed by atoms with Gasteiger partial charge in [0.15, 0.2) is 0 Å². The van der Waals surface area contributed by atoms with E-state index in [4.69, 9.17) is 19.2 Å². The van der Waals surface area contributed by atoms with E-state index in [1.54, 1.807) is 27.5 Å². The molecule has 0 saturated heterocycles. The van der Waals surface area contributed by atoms with Gasteiger partial charge < -0.3 is 24.4 Å². The van der Waals surface area contributed by atoms with Gasteiger partial charge in [0.1, 0.15) is 17.3 Å². The topological polar surface area (TPSA) is 68.7 Å². The number of aromatic nitrogens is 2. The average Bonchev–Trinajstić information content (AvgIpc) is 2.80. The molecule has 0 unspecified atom stereocenters. The van der Waals surface area contributed by atoms with Crippen LogP contribution in [-0.2, 0) is 17.8 Å². The monoisotopic (exact) mass is 408 g/mol. The Hall–Kier alpha value is -3.32. The number of benzene rings is 2. The minimum absolute atomic E-state index is 0.612. The van der Waals surface area contributed by atoms with E-state index in [-0.39, 0.29) is 0 Å². The molecule has 3 aromatic rings. The summed E-state index contributed by atoms with van der Waals surface area (Å²) in [5.41, 5.74) is 2.29. The van der Waals surface area contributed by atoms with Gasteiger partial charge in [-0.1, -0.05) is 24.3 Å². The number of nitrogens with zero attached hydrogens (tertiary/aromatic N) is 3. The van der Waals surface area contributed by atoms with Gasteiger partial charge in [-0.25, -0.2) is 4.98 Å². The molecule has 3 rings (SSSR count). The highest BCUT2D eigenvalue weighted by molar-refractivity contribution is 5.43. The van der Waals surface area contributed by atoms with Crippen LogP contribution in [0.1, 0.15) is 11.1 Å². The maximum atomic E-state index is 5.27. The lowest BCUT2D eigenvalue weighted by Gasteiger charge is -2.23. The molecular formula is C23H28N4O3. The second-order valence-electron chi connectivity index (χ2n) is 6.71. The molecule has 158 valence electrons. The number of rotatable bonds is 11. The van der Waals surface area contributed by atoms with E-state index in [0.717, 1.165) is 28.4 Å². The largest absolute Gasteiger partial charge is 0.497 e. The van der Waals surface area contributed by atoms with Gasteiger partial charge in [0.05, 0.1) is 20.8 Å². The molecule has 0 aliphatic rings. The minimum Gasteiger partial charge on any atom is -0.497 e. The molecule has 0 fully saturated rings. The Morgan fingerprint density at radius 1 is 0.800 bits per heavy atom. The zero-order valence-electron chi connectivity index (χ0n) is 17.7. The molecule has 0 bridgehead atoms. The van der Waals surface area contributed by atoms with Crippen LogP contribution in [0.2, 0.25) is 0 Å². The molecule has 0 amide bonds. The van der Waals surface area contributed by atoms with E-state index in [9.17, 15) is 0 Å². The van der Waals surface area contributed by atoms with Crippen LogP contribution in [0.15, 0.2) is 60.8 Å². The van der Waals surface area contributed by atoms with Gasteiger partial charge in [0.25, 0.3) is 0 Å². The molecular weight excluding hydrogens is 380 g/mol. The first-order valence-corrected chi connectivity index (χ1v) is 9.78. The fourth-order valence-electron chi connectivity index (χ4n) is 2.98. The van der Waals surface area contributed by atoms with E-state index >= 15 is 0 Å². The van der Waals surface area contributed by atoms with Crippen LogP contribution >= 0.6 is 0 Å². The maximum Gasteiger partial charge on any atom is 0.227 e. The summed E-state index contributed by atoms with van der Waals surface area (Å²) in [7, 11) is 5.01. The fraction of sp³-hybridized carbons (Fsp3) is 0.304. The van der Waals surface area contributed by atoms with Crippen molar-refractivity contribution in [2.75, 3.05) is 44.7 Å². The second kappa shape index (κ2) is 11.0. The smallest absolute Gasteiger partial charge is 0.227 e. The van der Waals surface area contributed by atoms with Crippen LogP contribution in [0.3, 0.4) is 0 Å². The van der Waals surface area contributed by atoms with E-state index in [1.807, 2.05) is 30.3 Å². The van der Waals surface area contributed by atoms with Crippen molar-refractivity contribution in [3.05, 3.63) is 71.9 Å². The first-order valence-electron chi connectivity index (χ1n) is 9.78. The lowest BCUT2D eigenvalue weighted by Crippen LogP contribution is -2.24. The van der Waals surface area contributed by atoms with Crippen LogP contribution < -0.4 is 19.7 Å². The van der Waals surface area contributed by atoms with Crippen LogP contribution in [0.25, 0.3) is 0 Å². The summed E-state index contributed by atoms with van der Waals surface area (Å²) in [6.45, 7) is 2.62. The highest BCUT2D eigenvalue weighted by Gasteiger charge is 2.13. The van der Waals surface area contributed by atoms with Crippen molar-refractivity contribution in [1.82, 2.24) is 9.97 Å². The van der Waals surface area contributed by atoms with Crippen molar-refractivity contribution in [2.24, 2.45) is 0 Å². The van der Waals surface area contributed by atoms with Crippen molar-refractivity contribution < 1.29 is 14.2 Å². The number of anilines is 2. The molecule has 1 N–H and O–H groups in total. The standard InChI is InChI=1S/C23H28N4O3/c1-28-15-14-24-22-12-13-25-23(26-22)27(16-18-4-8-20(29-2)9-5-18)17-19-6-10-21(30-3)11-7-19/h4-13H,14-17H2,1-3H3,(H,24,25,26). The number of hydrogen-bond donors (Lipinski definition) is 1. The molecule has 0 aliphatic heterocycles. The summed E-state index contributed by atoms with van der Waals surface area (Å²) in [4.78, 5) is 11.4. The van der Waals surface area contributed by atoms with Crippen molar-refractivity contribution >= 4 is 11.8 Å². The highest BCUT2D eigenvalue weighted by Crippen LogP contribution is 2.21. The van der Waals surface area contributed by atoms with Crippen LogP contribution in [0.5, 0.6) is 11.5 Å². The van der Waals surface area contributed by atoms with Gasteiger partial charge in [-0.15, -0.1) is 0 Å². The molecule has 2 aromatic carbocycles. The summed E-state index contributed by atoms with van der Waals surface area (Å²) in [5, 5.41) is 3.26. The molecule has 1 heterocycles. The molecule has 0 saturated carbocycles. The SMILES string of the molecule is COCCNc1ccnc(N(Cc2ccc(OC)cc2)Cc2ccc(OC)cc2)n1. The third-order valence-electron chi connectivity index (χ3n) is 4.60. The molecule has 30 heavy (non-hydrogen) atoms. The zero-order valence-corrected chi connectivity index (χ0v) is 17.7. The van der Waals surface area contributed by atoms with Gasteiger partial charge in [-0.2, -0.15) is 4.98 Å². The van der Waals surface area contributed by atoms with Gasteiger partial charge in [0.2, 0.25) is 5.95 Å². The lowest BCUT2D eigenvalue weighted by atomic mass is 10.1. The fourth-order valence-corrected chi connectivity index (χ4v) is 2.98. The predicted octanol–water partition coefficient (Wildman–Crippen LogP) is 3.76. The number of nitrogens with one attached hydrogen (secondary N) is 1. The molecule has 0 atom stereocenters. The van der Waals surface area contributed by atoms with Crippen molar-refractivity contribution in [1.29, 1.82) is 0 Å². The summed E-state index contributed by atoms with van der Waals surface area (Å²) >= 11 is 0. The predicted molar refractivity (Wildman–Crippen MR) is 118 cm³/mol. The third kappa shape index (κ3) is 6.09. The third-order valence-corrected chi connectivity index (χ3v) is 4.60. The lowest BCUT2D eigenvalue weighted by molar-refractivity contribution is 0.210. The number of hydrogen-bond acceptors (Lipinski definition) is 7. The summed E-state index contributed by atoms with van der Waals surface area (Å²) < 4.78 is 15.6. The van der Waals surface area contributed by atoms with E-state index < -0.39 is 0 Å². The number of methoxy groups -OCH3 is 3. The van der Waals surface area contributed by atoms with Crippen molar-refractivity contribution in [3.63, 3.8) is 0 Å². The molecule has 1 aromatic heterocycles. The Bertz CT molecular complexity index is 852. The normalized spacial score (nSPS) is 10.5. The van der Waals surface area contributed by atoms with Crippen molar-refractivity contribution in [2.45, 2.75) is 13.1 Å². The van der Waals surface area contributed by atoms with Gasteiger partial charge in [-0.3, -0.25) is 0 Å². The van der Waals surface area contributed by atoms with Gasteiger partial charge in [-0.05, 0) is 41.5 Å². The molecule has 0 aliphatic carbocycles. The quantitative estimate of drug-likeness (QED) is 0.485. The van der Waals surface area contributed by atoms with Crippen LogP contribution in [0.4, 0.5) is 11.8 Å². The minimum atomic E-state index is 0.612. The van der Waals surface area contributed by atoms with Gasteiger partial charge in [0, 0.05) is 32.9 Å². The first kappa shape index (κ1) is 21.4. The Morgan fingerprint density at radius 3 is 1.87 bits per heavy atom. The second-order valence-corrected chi connectivity index (χ2v) is 6.71. The van der Waals surface area contributed by atoms with Crippen LogP contribution in [0, 0.1) is 0 Å². The Morgan fingerprint density at radius 2 is 1.37 bits per heavy atom.